The first-order valence-electron chi connectivity index (χ1n) is 7.89. The van der Waals surface area contributed by atoms with Crippen LogP contribution in [-0.4, -0.2) is 37.7 Å². The molecule has 2 aromatic rings. The van der Waals surface area contributed by atoms with Gasteiger partial charge in [0.15, 0.2) is 0 Å². The van der Waals surface area contributed by atoms with Crippen LogP contribution >= 0.6 is 0 Å². The first-order valence-corrected chi connectivity index (χ1v) is 7.89. The normalized spacial score (nSPS) is 17.2. The van der Waals surface area contributed by atoms with E-state index in [1.54, 1.807) is 24.3 Å². The molecular formula is C18H18FN3O3. The maximum absolute atomic E-state index is 13.0. The summed E-state index contributed by atoms with van der Waals surface area (Å²) in [6, 6.07) is 14.4. The minimum atomic E-state index is -0.361. The van der Waals surface area contributed by atoms with Crippen molar-refractivity contribution in [3.8, 4) is 0 Å². The molecule has 1 aliphatic rings. The lowest BCUT2D eigenvalue weighted by Gasteiger charge is -2.32. The van der Waals surface area contributed by atoms with E-state index in [9.17, 15) is 14.0 Å². The number of rotatable bonds is 4. The zero-order valence-electron chi connectivity index (χ0n) is 13.4. The number of ether oxygens (including phenoxy) is 1. The maximum Gasteiger partial charge on any atom is 0.319 e. The van der Waals surface area contributed by atoms with Crippen LogP contribution in [0.1, 0.15) is 0 Å². The zero-order chi connectivity index (χ0) is 17.6. The molecule has 1 atom stereocenters. The van der Waals surface area contributed by atoms with Crippen LogP contribution in [0.5, 0.6) is 0 Å². The minimum Gasteiger partial charge on any atom is -0.365 e. The predicted molar refractivity (Wildman–Crippen MR) is 92.0 cm³/mol. The highest BCUT2D eigenvalue weighted by atomic mass is 19.1. The molecule has 0 saturated carbocycles. The molecule has 0 aromatic heterocycles. The van der Waals surface area contributed by atoms with Crippen molar-refractivity contribution in [2.45, 2.75) is 6.10 Å². The van der Waals surface area contributed by atoms with E-state index in [4.69, 9.17) is 4.74 Å². The number of anilines is 2. The van der Waals surface area contributed by atoms with Crippen molar-refractivity contribution < 1.29 is 18.7 Å². The highest BCUT2D eigenvalue weighted by Gasteiger charge is 2.27. The first kappa shape index (κ1) is 16.9. The second kappa shape index (κ2) is 7.76. The standard InChI is InChI=1S/C18H18FN3O3/c19-13-6-8-15(9-7-13)22-11-16(25-12-17(22)23)10-20-18(24)21-14-4-2-1-3-5-14/h1-9,16H,10-12H2,(H2,20,21,24). The largest absolute Gasteiger partial charge is 0.365 e. The molecule has 1 heterocycles. The molecule has 130 valence electrons. The van der Waals surface area contributed by atoms with Gasteiger partial charge in [-0.15, -0.1) is 0 Å². The SMILES string of the molecule is O=C(NCC1CN(c2ccc(F)cc2)C(=O)CO1)Nc1ccccc1. The van der Waals surface area contributed by atoms with Gasteiger partial charge in [0.2, 0.25) is 0 Å². The van der Waals surface area contributed by atoms with Crippen molar-refractivity contribution in [1.82, 2.24) is 5.32 Å². The summed E-state index contributed by atoms with van der Waals surface area (Å²) in [6.07, 6.45) is -0.343. The Balaban J connectivity index is 1.53. The highest BCUT2D eigenvalue weighted by Crippen LogP contribution is 2.19. The average molecular weight is 343 g/mol. The van der Waals surface area contributed by atoms with Gasteiger partial charge in [0.1, 0.15) is 12.4 Å². The molecule has 0 bridgehead atoms. The second-order valence-electron chi connectivity index (χ2n) is 5.61. The molecule has 1 saturated heterocycles. The van der Waals surface area contributed by atoms with Gasteiger partial charge in [0, 0.05) is 17.9 Å². The van der Waals surface area contributed by atoms with Gasteiger partial charge in [-0.3, -0.25) is 4.79 Å². The Morgan fingerprint density at radius 1 is 1.16 bits per heavy atom. The third-order valence-electron chi connectivity index (χ3n) is 3.79. The summed E-state index contributed by atoms with van der Waals surface area (Å²) >= 11 is 0. The van der Waals surface area contributed by atoms with Crippen molar-refractivity contribution in [3.63, 3.8) is 0 Å². The Morgan fingerprint density at radius 2 is 1.88 bits per heavy atom. The number of carbonyl (C=O) groups is 2. The molecule has 1 fully saturated rings. The van der Waals surface area contributed by atoms with Crippen LogP contribution in [0.15, 0.2) is 54.6 Å². The maximum atomic E-state index is 13.0. The van der Waals surface area contributed by atoms with E-state index in [1.807, 2.05) is 18.2 Å². The number of hydrogen-bond donors (Lipinski definition) is 2. The lowest BCUT2D eigenvalue weighted by Crippen LogP contribution is -2.51. The Labute approximate surface area is 144 Å². The Bertz CT molecular complexity index is 737. The molecule has 0 spiro atoms. The molecule has 1 aliphatic heterocycles. The van der Waals surface area contributed by atoms with E-state index in [0.717, 1.165) is 0 Å². The van der Waals surface area contributed by atoms with E-state index in [2.05, 4.69) is 10.6 Å². The van der Waals surface area contributed by atoms with Gasteiger partial charge in [-0.1, -0.05) is 18.2 Å². The van der Waals surface area contributed by atoms with E-state index in [0.29, 0.717) is 11.4 Å². The molecule has 2 aromatic carbocycles. The van der Waals surface area contributed by atoms with Gasteiger partial charge in [0.05, 0.1) is 12.6 Å². The zero-order valence-corrected chi connectivity index (χ0v) is 13.4. The number of morpholine rings is 1. The number of nitrogens with one attached hydrogen (secondary N) is 2. The highest BCUT2D eigenvalue weighted by molar-refractivity contribution is 5.95. The topological polar surface area (TPSA) is 70.7 Å². The fourth-order valence-electron chi connectivity index (χ4n) is 2.52. The third kappa shape index (κ3) is 4.54. The van der Waals surface area contributed by atoms with Crippen LogP contribution in [0.3, 0.4) is 0 Å². The molecular weight excluding hydrogens is 325 g/mol. The fraction of sp³-hybridized carbons (Fsp3) is 0.222. The number of halogens is 1. The van der Waals surface area contributed by atoms with Crippen molar-refractivity contribution in [1.29, 1.82) is 0 Å². The minimum absolute atomic E-state index is 0.0793. The van der Waals surface area contributed by atoms with E-state index in [-0.39, 0.29) is 43.6 Å². The molecule has 3 amide bonds. The lowest BCUT2D eigenvalue weighted by atomic mass is 10.2. The number of benzene rings is 2. The van der Waals surface area contributed by atoms with Gasteiger partial charge in [0.25, 0.3) is 5.91 Å². The van der Waals surface area contributed by atoms with Gasteiger partial charge in [-0.2, -0.15) is 0 Å². The summed E-state index contributed by atoms with van der Waals surface area (Å²) in [5.74, 6) is -0.558. The summed E-state index contributed by atoms with van der Waals surface area (Å²) in [5, 5.41) is 5.44. The Morgan fingerprint density at radius 3 is 2.60 bits per heavy atom. The van der Waals surface area contributed by atoms with Crippen LogP contribution < -0.4 is 15.5 Å². The summed E-state index contributed by atoms with van der Waals surface area (Å²) in [7, 11) is 0. The predicted octanol–water partition coefficient (Wildman–Crippen LogP) is 2.38. The Hall–Kier alpha value is -2.93. The van der Waals surface area contributed by atoms with Crippen molar-refractivity contribution in [3.05, 3.63) is 60.4 Å². The van der Waals surface area contributed by atoms with Crippen LogP contribution in [0.2, 0.25) is 0 Å². The molecule has 2 N–H and O–H groups in total. The van der Waals surface area contributed by atoms with E-state index >= 15 is 0 Å². The van der Waals surface area contributed by atoms with Crippen LogP contribution in [0.25, 0.3) is 0 Å². The Kier molecular flexibility index (Phi) is 5.25. The summed E-state index contributed by atoms with van der Waals surface area (Å²) in [5.41, 5.74) is 1.29. The second-order valence-corrected chi connectivity index (χ2v) is 5.61. The smallest absolute Gasteiger partial charge is 0.319 e. The van der Waals surface area contributed by atoms with Gasteiger partial charge >= 0.3 is 6.03 Å². The average Bonchev–Trinajstić information content (AvgIpc) is 2.63. The summed E-state index contributed by atoms with van der Waals surface area (Å²) < 4.78 is 18.5. The quantitative estimate of drug-likeness (QED) is 0.895. The van der Waals surface area contributed by atoms with Gasteiger partial charge in [-0.25, -0.2) is 9.18 Å². The summed E-state index contributed by atoms with van der Waals surface area (Å²) in [6.45, 7) is 0.462. The number of nitrogens with zero attached hydrogens (tertiary/aromatic N) is 1. The number of para-hydroxylation sites is 1. The van der Waals surface area contributed by atoms with Gasteiger partial charge in [-0.05, 0) is 36.4 Å². The van der Waals surface area contributed by atoms with E-state index in [1.165, 1.54) is 17.0 Å². The number of hydrogen-bond acceptors (Lipinski definition) is 3. The van der Waals surface area contributed by atoms with Crippen molar-refractivity contribution in [2.24, 2.45) is 0 Å². The lowest BCUT2D eigenvalue weighted by molar-refractivity contribution is -0.129. The van der Waals surface area contributed by atoms with Crippen LogP contribution in [-0.2, 0) is 9.53 Å². The molecule has 3 rings (SSSR count). The molecule has 25 heavy (non-hydrogen) atoms. The first-order chi connectivity index (χ1) is 12.1. The molecule has 7 heteroatoms. The van der Waals surface area contributed by atoms with Crippen molar-refractivity contribution >= 4 is 23.3 Å². The van der Waals surface area contributed by atoms with Crippen LogP contribution in [0.4, 0.5) is 20.6 Å². The van der Waals surface area contributed by atoms with Gasteiger partial charge < -0.3 is 20.3 Å². The molecule has 6 nitrogen and oxygen atoms in total. The third-order valence-corrected chi connectivity index (χ3v) is 3.79. The molecule has 0 aliphatic carbocycles. The summed E-state index contributed by atoms with van der Waals surface area (Å²) in [4.78, 5) is 25.5. The number of urea groups is 1. The fourth-order valence-corrected chi connectivity index (χ4v) is 2.52. The number of carbonyl (C=O) groups excluding carboxylic acids is 2. The molecule has 0 radical (unpaired) electrons. The molecule has 1 unspecified atom stereocenters. The number of amides is 3. The van der Waals surface area contributed by atoms with E-state index < -0.39 is 0 Å². The van der Waals surface area contributed by atoms with Crippen LogP contribution in [0, 0.1) is 5.82 Å². The monoisotopic (exact) mass is 343 g/mol. The van der Waals surface area contributed by atoms with Crippen molar-refractivity contribution in [2.75, 3.05) is 29.9 Å².